The Balaban J connectivity index is 2.06. The number of carboxylic acids is 1. The number of benzene rings is 1. The number of rotatable bonds is 4. The molecule has 0 aliphatic rings. The van der Waals surface area contributed by atoms with Gasteiger partial charge in [-0.05, 0) is 38.0 Å². The molecular weight excluding hydrogens is 354 g/mol. The summed E-state index contributed by atoms with van der Waals surface area (Å²) in [6, 6.07) is 6.36. The maximum atomic E-state index is 12.7. The first-order valence-electron chi connectivity index (χ1n) is 7.91. The number of carbonyl (C=O) groups excluding carboxylic acids is 1. The number of amides is 1. The van der Waals surface area contributed by atoms with Crippen molar-refractivity contribution in [3.05, 3.63) is 57.0 Å². The maximum Gasteiger partial charge on any atom is 0.326 e. The van der Waals surface area contributed by atoms with Crippen LogP contribution in [0.4, 0.5) is 5.69 Å². The van der Waals surface area contributed by atoms with Crippen LogP contribution in [-0.2, 0) is 4.79 Å². The summed E-state index contributed by atoms with van der Waals surface area (Å²) >= 11 is 1.12. The van der Waals surface area contributed by atoms with Crippen LogP contribution in [0.5, 0.6) is 0 Å². The quantitative estimate of drug-likeness (QED) is 0.734. The van der Waals surface area contributed by atoms with Gasteiger partial charge in [-0.2, -0.15) is 0 Å². The Morgan fingerprint density at radius 2 is 1.96 bits per heavy atom. The highest BCUT2D eigenvalue weighted by Gasteiger charge is 2.22. The fraction of sp³-hybridized carbons (Fsp3) is 0.222. The van der Waals surface area contributed by atoms with E-state index < -0.39 is 17.6 Å². The summed E-state index contributed by atoms with van der Waals surface area (Å²) in [5, 5.41) is 12.3. The summed E-state index contributed by atoms with van der Waals surface area (Å²) in [6.07, 6.45) is 1.21. The number of aryl methyl sites for hydroxylation is 2. The van der Waals surface area contributed by atoms with Crippen LogP contribution in [-0.4, -0.2) is 26.5 Å². The molecule has 8 heteroatoms. The Morgan fingerprint density at radius 1 is 1.27 bits per heavy atom. The lowest BCUT2D eigenvalue weighted by Gasteiger charge is -2.09. The molecule has 0 aliphatic carbocycles. The van der Waals surface area contributed by atoms with Crippen molar-refractivity contribution in [1.82, 2.24) is 9.55 Å². The van der Waals surface area contributed by atoms with Gasteiger partial charge in [0.2, 0.25) is 0 Å². The zero-order chi connectivity index (χ0) is 19.0. The van der Waals surface area contributed by atoms with Gasteiger partial charge in [-0.3, -0.25) is 14.2 Å². The minimum atomic E-state index is -1.13. The Kier molecular flexibility index (Phi) is 4.60. The second kappa shape index (κ2) is 6.72. The molecule has 0 unspecified atom stereocenters. The molecule has 0 spiro atoms. The van der Waals surface area contributed by atoms with Gasteiger partial charge in [0.1, 0.15) is 10.9 Å². The lowest BCUT2D eigenvalue weighted by atomic mass is 10.1. The average Bonchev–Trinajstić information content (AvgIpc) is 2.94. The average molecular weight is 371 g/mol. The highest BCUT2D eigenvalue weighted by Crippen LogP contribution is 2.28. The largest absolute Gasteiger partial charge is 0.480 e. The smallest absolute Gasteiger partial charge is 0.326 e. The van der Waals surface area contributed by atoms with Crippen molar-refractivity contribution >= 4 is 39.1 Å². The van der Waals surface area contributed by atoms with Gasteiger partial charge in [0.05, 0.1) is 16.6 Å². The number of fused-ring (bicyclic) bond motifs is 1. The van der Waals surface area contributed by atoms with Gasteiger partial charge in [-0.25, -0.2) is 9.78 Å². The summed E-state index contributed by atoms with van der Waals surface area (Å²) in [5.74, 6) is -1.45. The number of nitrogens with one attached hydrogen (secondary N) is 1. The van der Waals surface area contributed by atoms with Crippen molar-refractivity contribution < 1.29 is 14.7 Å². The van der Waals surface area contributed by atoms with Crippen LogP contribution in [0.2, 0.25) is 0 Å². The number of aliphatic carboxylic acids is 1. The molecule has 2 N–H and O–H groups in total. The molecule has 1 amide bonds. The number of carboxylic acid groups (broad SMARTS) is 1. The second-order valence-corrected chi connectivity index (χ2v) is 6.98. The molecule has 0 saturated carbocycles. The van der Waals surface area contributed by atoms with E-state index in [9.17, 15) is 14.4 Å². The zero-order valence-corrected chi connectivity index (χ0v) is 15.3. The van der Waals surface area contributed by atoms with Gasteiger partial charge in [-0.15, -0.1) is 11.3 Å². The van der Waals surface area contributed by atoms with E-state index >= 15 is 0 Å². The Morgan fingerprint density at radius 3 is 2.62 bits per heavy atom. The van der Waals surface area contributed by atoms with Crippen LogP contribution in [0.15, 0.2) is 35.4 Å². The molecule has 0 aliphatic heterocycles. The molecule has 0 bridgehead atoms. The standard InChI is InChI=1S/C18H17N3O4S/c1-9-6-4-5-7-12(9)20-15(22)14-10(2)13-16(26-14)19-8-21(17(13)23)11(3)18(24)25/h4-8,11H,1-3H3,(H,20,22)(H,24,25)/t11-/m0/s1. The van der Waals surface area contributed by atoms with E-state index in [4.69, 9.17) is 5.11 Å². The zero-order valence-electron chi connectivity index (χ0n) is 14.4. The van der Waals surface area contributed by atoms with E-state index in [-0.39, 0.29) is 11.3 Å². The molecule has 0 saturated heterocycles. The number of anilines is 1. The molecule has 26 heavy (non-hydrogen) atoms. The molecule has 0 radical (unpaired) electrons. The van der Waals surface area contributed by atoms with Crippen molar-refractivity contribution in [2.24, 2.45) is 0 Å². The van der Waals surface area contributed by atoms with E-state index in [0.29, 0.717) is 21.0 Å². The third kappa shape index (κ3) is 2.99. The molecule has 1 aromatic carbocycles. The maximum absolute atomic E-state index is 12.7. The molecule has 3 rings (SSSR count). The van der Waals surface area contributed by atoms with E-state index in [2.05, 4.69) is 10.3 Å². The van der Waals surface area contributed by atoms with Gasteiger partial charge in [0.15, 0.2) is 0 Å². The third-order valence-corrected chi connectivity index (χ3v) is 5.45. The Hall–Kier alpha value is -3.00. The summed E-state index contributed by atoms with van der Waals surface area (Å²) in [6.45, 7) is 4.97. The first kappa shape index (κ1) is 17.8. The topological polar surface area (TPSA) is 101 Å². The number of carbonyl (C=O) groups is 2. The summed E-state index contributed by atoms with van der Waals surface area (Å²) in [7, 11) is 0. The molecule has 7 nitrogen and oxygen atoms in total. The first-order valence-corrected chi connectivity index (χ1v) is 8.73. The van der Waals surface area contributed by atoms with Gasteiger partial charge >= 0.3 is 5.97 Å². The van der Waals surface area contributed by atoms with E-state index in [1.807, 2.05) is 25.1 Å². The molecule has 134 valence electrons. The predicted molar refractivity (Wildman–Crippen MR) is 100 cm³/mol. The second-order valence-electron chi connectivity index (χ2n) is 5.98. The molecule has 2 heterocycles. The number of thiophene rings is 1. The fourth-order valence-electron chi connectivity index (χ4n) is 2.64. The van der Waals surface area contributed by atoms with Crippen molar-refractivity contribution in [1.29, 1.82) is 0 Å². The molecule has 3 aromatic rings. The van der Waals surface area contributed by atoms with Crippen LogP contribution < -0.4 is 10.9 Å². The summed E-state index contributed by atoms with van der Waals surface area (Å²) in [5.41, 5.74) is 1.66. The highest BCUT2D eigenvalue weighted by atomic mass is 32.1. The van der Waals surface area contributed by atoms with Crippen LogP contribution >= 0.6 is 11.3 Å². The van der Waals surface area contributed by atoms with E-state index in [1.165, 1.54) is 13.3 Å². The summed E-state index contributed by atoms with van der Waals surface area (Å²) < 4.78 is 1.06. The Labute approximate surface area is 152 Å². The molecule has 1 atom stereocenters. The fourth-order valence-corrected chi connectivity index (χ4v) is 3.68. The van der Waals surface area contributed by atoms with E-state index in [1.54, 1.807) is 13.0 Å². The van der Waals surface area contributed by atoms with Crippen LogP contribution in [0.1, 0.15) is 33.8 Å². The monoisotopic (exact) mass is 371 g/mol. The normalized spacial score (nSPS) is 12.1. The minimum Gasteiger partial charge on any atom is -0.480 e. The predicted octanol–water partition coefficient (Wildman–Crippen LogP) is 2.97. The van der Waals surface area contributed by atoms with Crippen molar-refractivity contribution in [3.8, 4) is 0 Å². The SMILES string of the molecule is Cc1ccccc1NC(=O)c1sc2ncn([C@@H](C)C(=O)O)c(=O)c2c1C. The highest BCUT2D eigenvalue weighted by molar-refractivity contribution is 7.20. The van der Waals surface area contributed by atoms with E-state index in [0.717, 1.165) is 21.5 Å². The van der Waals surface area contributed by atoms with Gasteiger partial charge in [0.25, 0.3) is 11.5 Å². The lowest BCUT2D eigenvalue weighted by Crippen LogP contribution is -2.28. The van der Waals surface area contributed by atoms with Crippen LogP contribution in [0.25, 0.3) is 10.2 Å². The number of aromatic nitrogens is 2. The molecule has 0 fully saturated rings. The molecular formula is C18H17N3O4S. The lowest BCUT2D eigenvalue weighted by molar-refractivity contribution is -0.140. The minimum absolute atomic E-state index is 0.278. The van der Waals surface area contributed by atoms with Crippen molar-refractivity contribution in [2.45, 2.75) is 26.8 Å². The van der Waals surface area contributed by atoms with Crippen LogP contribution in [0.3, 0.4) is 0 Å². The van der Waals surface area contributed by atoms with Gasteiger partial charge in [0, 0.05) is 5.69 Å². The third-order valence-electron chi connectivity index (χ3n) is 4.25. The number of para-hydroxylation sites is 1. The van der Waals surface area contributed by atoms with Crippen LogP contribution in [0, 0.1) is 13.8 Å². The van der Waals surface area contributed by atoms with Crippen molar-refractivity contribution in [2.75, 3.05) is 5.32 Å². The van der Waals surface area contributed by atoms with Crippen molar-refractivity contribution in [3.63, 3.8) is 0 Å². The molecule has 2 aromatic heterocycles. The summed E-state index contributed by atoms with van der Waals surface area (Å²) in [4.78, 5) is 41.5. The Bertz CT molecular complexity index is 1080. The van der Waals surface area contributed by atoms with Gasteiger partial charge < -0.3 is 10.4 Å². The number of nitrogens with zero attached hydrogens (tertiary/aromatic N) is 2. The number of hydrogen-bond donors (Lipinski definition) is 2. The number of hydrogen-bond acceptors (Lipinski definition) is 5. The van der Waals surface area contributed by atoms with Gasteiger partial charge in [-0.1, -0.05) is 18.2 Å². The first-order chi connectivity index (χ1) is 12.3.